The topological polar surface area (TPSA) is 49.3 Å². The fraction of sp³-hybridized carbons (Fsp3) is 0.316. The number of anilines is 1. The minimum atomic E-state index is -0.881. The fourth-order valence-corrected chi connectivity index (χ4v) is 3.57. The van der Waals surface area contributed by atoms with Gasteiger partial charge in [-0.3, -0.25) is 0 Å². The van der Waals surface area contributed by atoms with E-state index in [4.69, 9.17) is 5.11 Å². The number of aromatic carboxylic acids is 1. The monoisotopic (exact) mass is 295 g/mol. The van der Waals surface area contributed by atoms with Crippen LogP contribution in [-0.2, 0) is 0 Å². The lowest BCUT2D eigenvalue weighted by Gasteiger charge is -2.39. The molecule has 0 amide bonds. The number of hydrogen-bond donors (Lipinski definition) is 2. The van der Waals surface area contributed by atoms with Crippen LogP contribution in [0.2, 0.25) is 0 Å². The van der Waals surface area contributed by atoms with E-state index in [0.717, 1.165) is 12.0 Å². The normalized spacial score (nSPS) is 23.5. The zero-order chi connectivity index (χ0) is 15.7. The van der Waals surface area contributed by atoms with Crippen LogP contribution in [0.15, 0.2) is 48.5 Å². The van der Waals surface area contributed by atoms with Gasteiger partial charge in [-0.15, -0.1) is 0 Å². The van der Waals surface area contributed by atoms with Gasteiger partial charge in [0.05, 0.1) is 11.6 Å². The summed E-state index contributed by atoms with van der Waals surface area (Å²) in [6, 6.07) is 15.9. The van der Waals surface area contributed by atoms with E-state index in [0.29, 0.717) is 17.4 Å². The van der Waals surface area contributed by atoms with Gasteiger partial charge in [0.1, 0.15) is 0 Å². The molecule has 3 heteroatoms. The third-order valence-corrected chi connectivity index (χ3v) is 4.82. The maximum Gasteiger partial charge on any atom is 0.335 e. The molecule has 22 heavy (non-hydrogen) atoms. The minimum Gasteiger partial charge on any atom is -0.478 e. The van der Waals surface area contributed by atoms with Crippen molar-refractivity contribution in [2.75, 3.05) is 5.32 Å². The lowest BCUT2D eigenvalue weighted by Crippen LogP contribution is -2.30. The first-order valence-corrected chi connectivity index (χ1v) is 7.80. The van der Waals surface area contributed by atoms with Crippen molar-refractivity contribution in [3.05, 3.63) is 65.2 Å². The van der Waals surface area contributed by atoms with Crippen molar-refractivity contribution < 1.29 is 9.90 Å². The molecule has 3 nitrogen and oxygen atoms in total. The second-order valence-corrected chi connectivity index (χ2v) is 6.00. The van der Waals surface area contributed by atoms with Crippen molar-refractivity contribution in [1.29, 1.82) is 0 Å². The van der Waals surface area contributed by atoms with Crippen molar-refractivity contribution in [1.82, 2.24) is 0 Å². The van der Waals surface area contributed by atoms with Gasteiger partial charge in [0, 0.05) is 5.69 Å². The largest absolute Gasteiger partial charge is 0.478 e. The third kappa shape index (κ3) is 2.47. The lowest BCUT2D eigenvalue weighted by molar-refractivity contribution is 0.0697. The SMILES string of the molecule is CC[C@H]1[C@@H](C)c2ccccc2N[C@H]1c1ccc(C(=O)O)cc1. The Balaban J connectivity index is 1.97. The molecular formula is C19H21NO2. The van der Waals surface area contributed by atoms with Gasteiger partial charge in [0.25, 0.3) is 0 Å². The average Bonchev–Trinajstić information content (AvgIpc) is 2.55. The molecule has 0 radical (unpaired) electrons. The van der Waals surface area contributed by atoms with E-state index >= 15 is 0 Å². The summed E-state index contributed by atoms with van der Waals surface area (Å²) in [5.74, 6) is 0.0890. The number of para-hydroxylation sites is 1. The summed E-state index contributed by atoms with van der Waals surface area (Å²) in [6.45, 7) is 4.50. The fourth-order valence-electron chi connectivity index (χ4n) is 3.57. The molecule has 1 aliphatic heterocycles. The van der Waals surface area contributed by atoms with Crippen molar-refractivity contribution in [3.8, 4) is 0 Å². The van der Waals surface area contributed by atoms with Gasteiger partial charge in [-0.2, -0.15) is 0 Å². The summed E-state index contributed by atoms with van der Waals surface area (Å²) in [5, 5.41) is 12.7. The first kappa shape index (κ1) is 14.6. The highest BCUT2D eigenvalue weighted by Gasteiger charge is 2.33. The van der Waals surface area contributed by atoms with Crippen LogP contribution in [0.3, 0.4) is 0 Å². The predicted molar refractivity (Wildman–Crippen MR) is 88.4 cm³/mol. The van der Waals surface area contributed by atoms with Gasteiger partial charge < -0.3 is 10.4 Å². The van der Waals surface area contributed by atoms with E-state index in [-0.39, 0.29) is 6.04 Å². The highest BCUT2D eigenvalue weighted by molar-refractivity contribution is 5.87. The number of carbonyl (C=O) groups is 1. The summed E-state index contributed by atoms with van der Waals surface area (Å²) in [5.41, 5.74) is 4.04. The molecular weight excluding hydrogens is 274 g/mol. The molecule has 0 aliphatic carbocycles. The molecule has 1 heterocycles. The summed E-state index contributed by atoms with van der Waals surface area (Å²) in [6.07, 6.45) is 1.08. The first-order chi connectivity index (χ1) is 10.6. The third-order valence-electron chi connectivity index (χ3n) is 4.82. The quantitative estimate of drug-likeness (QED) is 0.864. The maximum atomic E-state index is 11.0. The van der Waals surface area contributed by atoms with E-state index in [1.54, 1.807) is 12.1 Å². The summed E-state index contributed by atoms with van der Waals surface area (Å²) < 4.78 is 0. The molecule has 0 unspecified atom stereocenters. The van der Waals surface area contributed by atoms with Gasteiger partial charge in [-0.25, -0.2) is 4.79 Å². The Labute approximate surface area is 131 Å². The Kier molecular flexibility index (Phi) is 3.88. The number of carboxylic acids is 1. The van der Waals surface area contributed by atoms with Crippen LogP contribution in [-0.4, -0.2) is 11.1 Å². The average molecular weight is 295 g/mol. The predicted octanol–water partition coefficient (Wildman–Crippen LogP) is 4.68. The van der Waals surface area contributed by atoms with Crippen LogP contribution >= 0.6 is 0 Å². The Morgan fingerprint density at radius 3 is 2.45 bits per heavy atom. The Bertz CT molecular complexity index is 678. The van der Waals surface area contributed by atoms with Crippen molar-refractivity contribution in [3.63, 3.8) is 0 Å². The van der Waals surface area contributed by atoms with Crippen LogP contribution in [0.4, 0.5) is 5.69 Å². The lowest BCUT2D eigenvalue weighted by atomic mass is 9.75. The van der Waals surface area contributed by atoms with Gasteiger partial charge in [-0.05, 0) is 41.2 Å². The van der Waals surface area contributed by atoms with Gasteiger partial charge >= 0.3 is 5.97 Å². The van der Waals surface area contributed by atoms with Gasteiger partial charge in [0.15, 0.2) is 0 Å². The Morgan fingerprint density at radius 1 is 1.14 bits per heavy atom. The highest BCUT2D eigenvalue weighted by atomic mass is 16.4. The molecule has 0 aromatic heterocycles. The number of hydrogen-bond acceptors (Lipinski definition) is 2. The molecule has 2 aromatic rings. The number of carboxylic acid groups (broad SMARTS) is 1. The van der Waals surface area contributed by atoms with Gasteiger partial charge in [0.2, 0.25) is 0 Å². The molecule has 0 spiro atoms. The number of nitrogens with one attached hydrogen (secondary N) is 1. The van der Waals surface area contributed by atoms with E-state index in [1.165, 1.54) is 11.3 Å². The maximum absolute atomic E-state index is 11.0. The number of rotatable bonds is 3. The van der Waals surface area contributed by atoms with Crippen LogP contribution in [0, 0.1) is 5.92 Å². The standard InChI is InChI=1S/C19H21NO2/c1-3-15-12(2)16-6-4-5-7-17(16)20-18(15)13-8-10-14(11-9-13)19(21)22/h4-12,15,18,20H,3H2,1-2H3,(H,21,22)/t12-,15+,18+/m1/s1. The van der Waals surface area contributed by atoms with Gasteiger partial charge in [-0.1, -0.05) is 50.6 Å². The van der Waals surface area contributed by atoms with Crippen LogP contribution in [0.25, 0.3) is 0 Å². The van der Waals surface area contributed by atoms with Crippen LogP contribution in [0.1, 0.15) is 53.7 Å². The smallest absolute Gasteiger partial charge is 0.335 e. The number of fused-ring (bicyclic) bond motifs is 1. The van der Waals surface area contributed by atoms with Crippen LogP contribution in [0.5, 0.6) is 0 Å². The molecule has 3 rings (SSSR count). The molecule has 0 saturated carbocycles. The molecule has 0 fully saturated rings. The molecule has 1 aliphatic rings. The van der Waals surface area contributed by atoms with Crippen molar-refractivity contribution in [2.24, 2.45) is 5.92 Å². The Morgan fingerprint density at radius 2 is 1.82 bits per heavy atom. The summed E-state index contributed by atoms with van der Waals surface area (Å²) >= 11 is 0. The van der Waals surface area contributed by atoms with Crippen molar-refractivity contribution in [2.45, 2.75) is 32.2 Å². The Hall–Kier alpha value is -2.29. The summed E-state index contributed by atoms with van der Waals surface area (Å²) in [4.78, 5) is 11.0. The van der Waals surface area contributed by atoms with E-state index in [2.05, 4.69) is 43.4 Å². The second-order valence-electron chi connectivity index (χ2n) is 6.00. The van der Waals surface area contributed by atoms with E-state index in [9.17, 15) is 4.79 Å². The van der Waals surface area contributed by atoms with E-state index < -0.39 is 5.97 Å². The molecule has 2 aromatic carbocycles. The molecule has 2 N–H and O–H groups in total. The van der Waals surface area contributed by atoms with Crippen LogP contribution < -0.4 is 5.32 Å². The molecule has 3 atom stereocenters. The van der Waals surface area contributed by atoms with Crippen molar-refractivity contribution >= 4 is 11.7 Å². The van der Waals surface area contributed by atoms with E-state index in [1.807, 2.05) is 12.1 Å². The molecule has 0 bridgehead atoms. The minimum absolute atomic E-state index is 0.220. The zero-order valence-corrected chi connectivity index (χ0v) is 12.9. The summed E-state index contributed by atoms with van der Waals surface area (Å²) in [7, 11) is 0. The zero-order valence-electron chi connectivity index (χ0n) is 12.9. The molecule has 0 saturated heterocycles. The molecule has 114 valence electrons. The first-order valence-electron chi connectivity index (χ1n) is 7.80. The number of benzene rings is 2. The second kappa shape index (κ2) is 5.84. The highest BCUT2D eigenvalue weighted by Crippen LogP contribution is 2.45.